The number of aromatic nitrogens is 1. The maximum Gasteiger partial charge on any atom is 0.335 e. The number of nitrogens with zero attached hydrogens (tertiary/aromatic N) is 1. The number of carbonyl (C=O) groups is 2. The predicted octanol–water partition coefficient (Wildman–Crippen LogP) is 1.75. The molecule has 1 amide bonds. The summed E-state index contributed by atoms with van der Waals surface area (Å²) in [6.07, 6.45) is 1.28. The Kier molecular flexibility index (Phi) is 4.03. The average Bonchev–Trinajstić information content (AvgIpc) is 2.47. The van der Waals surface area contributed by atoms with Crippen molar-refractivity contribution in [2.75, 3.05) is 12.4 Å². The number of nitrogens with one attached hydrogen (secondary N) is 1. The Morgan fingerprint density at radius 3 is 2.57 bits per heavy atom. The summed E-state index contributed by atoms with van der Waals surface area (Å²) in [5.41, 5.74) is 0.203. The highest BCUT2D eigenvalue weighted by Crippen LogP contribution is 2.26. The number of aromatic hydroxyl groups is 1. The number of ether oxygens (including phenoxy) is 1. The summed E-state index contributed by atoms with van der Waals surface area (Å²) < 4.78 is 4.88. The molecular formula is C14H12N2O5. The van der Waals surface area contributed by atoms with Crippen LogP contribution < -0.4 is 10.1 Å². The van der Waals surface area contributed by atoms with Crippen molar-refractivity contribution >= 4 is 17.7 Å². The molecule has 21 heavy (non-hydrogen) atoms. The second kappa shape index (κ2) is 5.91. The van der Waals surface area contributed by atoms with Crippen molar-refractivity contribution in [1.29, 1.82) is 0 Å². The minimum absolute atomic E-state index is 0.0119. The van der Waals surface area contributed by atoms with Gasteiger partial charge < -0.3 is 20.3 Å². The molecule has 0 aliphatic carbocycles. The van der Waals surface area contributed by atoms with Crippen LogP contribution in [0, 0.1) is 0 Å². The number of phenolic OH excluding ortho intramolecular Hbond substituents is 1. The quantitative estimate of drug-likeness (QED) is 0.790. The first-order valence-electron chi connectivity index (χ1n) is 5.89. The van der Waals surface area contributed by atoms with Crippen LogP contribution in [0.5, 0.6) is 11.5 Å². The predicted molar refractivity (Wildman–Crippen MR) is 73.8 cm³/mol. The highest BCUT2D eigenvalue weighted by atomic mass is 16.5. The van der Waals surface area contributed by atoms with Gasteiger partial charge in [0.15, 0.2) is 11.5 Å². The number of rotatable bonds is 4. The van der Waals surface area contributed by atoms with E-state index >= 15 is 0 Å². The zero-order valence-corrected chi connectivity index (χ0v) is 11.0. The van der Waals surface area contributed by atoms with Crippen LogP contribution in [0.2, 0.25) is 0 Å². The van der Waals surface area contributed by atoms with Crippen LogP contribution in [0.15, 0.2) is 36.5 Å². The number of phenols is 1. The summed E-state index contributed by atoms with van der Waals surface area (Å²) in [7, 11) is 1.40. The first-order chi connectivity index (χ1) is 10.0. The molecular weight excluding hydrogens is 276 g/mol. The highest BCUT2D eigenvalue weighted by molar-refractivity contribution is 6.04. The van der Waals surface area contributed by atoms with Crippen LogP contribution in [-0.2, 0) is 0 Å². The Balaban J connectivity index is 2.20. The fourth-order valence-corrected chi connectivity index (χ4v) is 1.65. The van der Waals surface area contributed by atoms with Crippen LogP contribution in [0.1, 0.15) is 20.7 Å². The van der Waals surface area contributed by atoms with Crippen LogP contribution in [0.4, 0.5) is 5.82 Å². The van der Waals surface area contributed by atoms with E-state index in [0.717, 1.165) is 0 Å². The SMILES string of the molecule is COc1ccc(C(=O)Nc2cc(C(=O)O)ccn2)cc1O. The monoisotopic (exact) mass is 288 g/mol. The average molecular weight is 288 g/mol. The minimum atomic E-state index is -1.12. The van der Waals surface area contributed by atoms with Crippen LogP contribution in [0.25, 0.3) is 0 Å². The Labute approximate surface area is 119 Å². The molecule has 0 atom stereocenters. The van der Waals surface area contributed by atoms with Crippen molar-refractivity contribution in [3.05, 3.63) is 47.7 Å². The van der Waals surface area contributed by atoms with Crippen LogP contribution in [-0.4, -0.2) is 34.2 Å². The van der Waals surface area contributed by atoms with Gasteiger partial charge in [-0.05, 0) is 30.3 Å². The molecule has 1 heterocycles. The van der Waals surface area contributed by atoms with E-state index in [1.54, 1.807) is 0 Å². The van der Waals surface area contributed by atoms with Gasteiger partial charge >= 0.3 is 5.97 Å². The molecule has 0 saturated carbocycles. The van der Waals surface area contributed by atoms with Crippen molar-refractivity contribution in [1.82, 2.24) is 4.98 Å². The van der Waals surface area contributed by atoms with Gasteiger partial charge in [-0.3, -0.25) is 4.79 Å². The fourth-order valence-electron chi connectivity index (χ4n) is 1.65. The van der Waals surface area contributed by atoms with Gasteiger partial charge in [0.25, 0.3) is 5.91 Å². The van der Waals surface area contributed by atoms with E-state index in [1.807, 2.05) is 0 Å². The maximum atomic E-state index is 12.0. The molecule has 7 nitrogen and oxygen atoms in total. The lowest BCUT2D eigenvalue weighted by Gasteiger charge is -2.07. The van der Waals surface area contributed by atoms with Gasteiger partial charge in [-0.1, -0.05) is 0 Å². The number of aromatic carboxylic acids is 1. The van der Waals surface area contributed by atoms with Crippen molar-refractivity contribution in [3.63, 3.8) is 0 Å². The van der Waals surface area contributed by atoms with Gasteiger partial charge in [0.1, 0.15) is 5.82 Å². The minimum Gasteiger partial charge on any atom is -0.504 e. The van der Waals surface area contributed by atoms with Gasteiger partial charge in [0, 0.05) is 11.8 Å². The lowest BCUT2D eigenvalue weighted by atomic mass is 10.2. The third-order valence-corrected chi connectivity index (χ3v) is 2.69. The van der Waals surface area contributed by atoms with Gasteiger partial charge in [-0.2, -0.15) is 0 Å². The Hall–Kier alpha value is -3.09. The van der Waals surface area contributed by atoms with Crippen molar-refractivity contribution in [3.8, 4) is 11.5 Å². The highest BCUT2D eigenvalue weighted by Gasteiger charge is 2.11. The number of carbonyl (C=O) groups excluding carboxylic acids is 1. The summed E-state index contributed by atoms with van der Waals surface area (Å²) >= 11 is 0. The molecule has 2 rings (SSSR count). The van der Waals surface area contributed by atoms with E-state index in [2.05, 4.69) is 10.3 Å². The molecule has 7 heteroatoms. The number of methoxy groups -OCH3 is 1. The number of hydrogen-bond acceptors (Lipinski definition) is 5. The summed E-state index contributed by atoms with van der Waals surface area (Å²) in [4.78, 5) is 26.7. The Morgan fingerprint density at radius 2 is 1.95 bits per heavy atom. The second-order valence-corrected chi connectivity index (χ2v) is 4.08. The molecule has 0 saturated heterocycles. The molecule has 0 radical (unpaired) electrons. The molecule has 0 aliphatic heterocycles. The third kappa shape index (κ3) is 3.27. The lowest BCUT2D eigenvalue weighted by Crippen LogP contribution is -2.13. The second-order valence-electron chi connectivity index (χ2n) is 4.08. The molecule has 0 unspecified atom stereocenters. The number of amides is 1. The Morgan fingerprint density at radius 1 is 1.19 bits per heavy atom. The molecule has 0 bridgehead atoms. The largest absolute Gasteiger partial charge is 0.504 e. The molecule has 1 aromatic heterocycles. The molecule has 3 N–H and O–H groups in total. The molecule has 1 aromatic carbocycles. The number of carboxylic acid groups (broad SMARTS) is 1. The zero-order chi connectivity index (χ0) is 15.4. The van der Waals surface area contributed by atoms with E-state index < -0.39 is 11.9 Å². The molecule has 0 spiro atoms. The van der Waals surface area contributed by atoms with E-state index in [9.17, 15) is 14.7 Å². The lowest BCUT2D eigenvalue weighted by molar-refractivity contribution is 0.0696. The van der Waals surface area contributed by atoms with E-state index in [4.69, 9.17) is 9.84 Å². The molecule has 0 fully saturated rings. The Bertz CT molecular complexity index is 700. The summed E-state index contributed by atoms with van der Waals surface area (Å²) in [6, 6.07) is 6.72. The molecule has 0 aliphatic rings. The van der Waals surface area contributed by atoms with Crippen molar-refractivity contribution < 1.29 is 24.5 Å². The number of pyridine rings is 1. The number of anilines is 1. The van der Waals surface area contributed by atoms with Crippen molar-refractivity contribution in [2.24, 2.45) is 0 Å². The first kappa shape index (κ1) is 14.3. The molecule has 2 aromatic rings. The van der Waals surface area contributed by atoms with E-state index in [1.165, 1.54) is 43.6 Å². The van der Waals surface area contributed by atoms with Crippen LogP contribution in [0.3, 0.4) is 0 Å². The smallest absolute Gasteiger partial charge is 0.335 e. The fraction of sp³-hybridized carbons (Fsp3) is 0.0714. The van der Waals surface area contributed by atoms with Crippen molar-refractivity contribution in [2.45, 2.75) is 0 Å². The van der Waals surface area contributed by atoms with Gasteiger partial charge in [0.05, 0.1) is 12.7 Å². The van der Waals surface area contributed by atoms with E-state index in [0.29, 0.717) is 0 Å². The summed E-state index contributed by atoms with van der Waals surface area (Å²) in [5.74, 6) is -1.46. The van der Waals surface area contributed by atoms with Gasteiger partial charge in [-0.15, -0.1) is 0 Å². The number of benzene rings is 1. The molecule has 108 valence electrons. The number of hydrogen-bond donors (Lipinski definition) is 3. The maximum absolute atomic E-state index is 12.0. The third-order valence-electron chi connectivity index (χ3n) is 2.69. The first-order valence-corrected chi connectivity index (χ1v) is 5.89. The topological polar surface area (TPSA) is 109 Å². The van der Waals surface area contributed by atoms with Gasteiger partial charge in [-0.25, -0.2) is 9.78 Å². The summed E-state index contributed by atoms with van der Waals surface area (Å²) in [5, 5.41) is 20.9. The van der Waals surface area contributed by atoms with E-state index in [-0.39, 0.29) is 28.4 Å². The number of carboxylic acids is 1. The standard InChI is InChI=1S/C14H12N2O5/c1-21-11-3-2-8(6-10(11)17)13(18)16-12-7-9(14(19)20)4-5-15-12/h2-7,17H,1H3,(H,19,20)(H,15,16,18). The normalized spacial score (nSPS) is 9.95. The zero-order valence-electron chi connectivity index (χ0n) is 11.0. The van der Waals surface area contributed by atoms with Gasteiger partial charge in [0.2, 0.25) is 0 Å². The summed E-state index contributed by atoms with van der Waals surface area (Å²) in [6.45, 7) is 0. The van der Waals surface area contributed by atoms with Crippen LogP contribution >= 0.6 is 0 Å².